The van der Waals surface area contributed by atoms with Crippen LogP contribution in [0.4, 0.5) is 4.39 Å². The van der Waals surface area contributed by atoms with E-state index in [1.807, 2.05) is 11.4 Å². The minimum absolute atomic E-state index is 0.177. The molecule has 4 rings (SSSR count). The number of aromatic carboxylic acids is 1. The number of hydrogen-bond acceptors (Lipinski definition) is 3. The fourth-order valence-electron chi connectivity index (χ4n) is 2.89. The molecule has 3 nitrogen and oxygen atoms in total. The minimum atomic E-state index is -1.00. The van der Waals surface area contributed by atoms with Gasteiger partial charge in [0.25, 0.3) is 0 Å². The van der Waals surface area contributed by atoms with Gasteiger partial charge in [0.2, 0.25) is 0 Å². The van der Waals surface area contributed by atoms with Gasteiger partial charge in [-0.05, 0) is 47.3 Å². The van der Waals surface area contributed by atoms with Crippen LogP contribution in [-0.2, 0) is 6.42 Å². The van der Waals surface area contributed by atoms with Crippen molar-refractivity contribution in [2.45, 2.75) is 6.42 Å². The zero-order valence-electron chi connectivity index (χ0n) is 12.8. The number of benzene rings is 2. The van der Waals surface area contributed by atoms with Crippen LogP contribution in [0.2, 0.25) is 5.02 Å². The Balaban J connectivity index is 1.93. The van der Waals surface area contributed by atoms with E-state index in [4.69, 9.17) is 11.6 Å². The third-order valence-corrected chi connectivity index (χ3v) is 5.27. The molecule has 1 N–H and O–H groups in total. The number of carboxylic acids is 1. The summed E-state index contributed by atoms with van der Waals surface area (Å²) in [6.45, 7) is 0. The lowest BCUT2D eigenvalue weighted by molar-refractivity contribution is 0.0697. The lowest BCUT2D eigenvalue weighted by Crippen LogP contribution is -1.99. The Bertz CT molecular complexity index is 1140. The molecular weight excluding hydrogens is 361 g/mol. The quantitative estimate of drug-likeness (QED) is 0.515. The molecule has 0 aliphatic carbocycles. The van der Waals surface area contributed by atoms with Gasteiger partial charge in [0.15, 0.2) is 0 Å². The monoisotopic (exact) mass is 371 g/mol. The first-order valence-electron chi connectivity index (χ1n) is 7.50. The van der Waals surface area contributed by atoms with Crippen LogP contribution >= 0.6 is 22.9 Å². The zero-order valence-corrected chi connectivity index (χ0v) is 14.4. The summed E-state index contributed by atoms with van der Waals surface area (Å²) in [5, 5.41) is 13.5. The Kier molecular flexibility index (Phi) is 3.90. The van der Waals surface area contributed by atoms with Gasteiger partial charge >= 0.3 is 5.97 Å². The Labute approximate surface area is 151 Å². The number of carboxylic acid groups (broad SMARTS) is 1. The number of pyridine rings is 1. The fourth-order valence-corrected chi connectivity index (χ4v) is 4.04. The summed E-state index contributed by atoms with van der Waals surface area (Å²) in [6, 6.07) is 11.3. The summed E-state index contributed by atoms with van der Waals surface area (Å²) in [7, 11) is 0. The maximum absolute atomic E-state index is 14.1. The molecule has 2 aromatic heterocycles. The summed E-state index contributed by atoms with van der Waals surface area (Å²) < 4.78 is 15.1. The lowest BCUT2D eigenvalue weighted by Gasteiger charge is -2.08. The van der Waals surface area contributed by atoms with Crippen molar-refractivity contribution in [3.8, 4) is 0 Å². The van der Waals surface area contributed by atoms with Gasteiger partial charge in [-0.25, -0.2) is 9.18 Å². The molecule has 124 valence electrons. The van der Waals surface area contributed by atoms with E-state index in [2.05, 4.69) is 4.98 Å². The smallest absolute Gasteiger partial charge is 0.335 e. The Morgan fingerprint density at radius 1 is 1.16 bits per heavy atom. The highest BCUT2D eigenvalue weighted by atomic mass is 35.5. The first-order chi connectivity index (χ1) is 12.0. The second kappa shape index (κ2) is 6.10. The van der Waals surface area contributed by atoms with Crippen LogP contribution in [0.5, 0.6) is 0 Å². The standard InChI is InChI=1S/C19H11ClFNO2S/c20-12-2-4-15(21)11(7-12)9-17-14-5-6-25-18(14)13-3-1-10(19(23)24)8-16(13)22-17/h1-8H,9H2,(H,23,24). The summed E-state index contributed by atoms with van der Waals surface area (Å²) in [4.78, 5) is 15.8. The third kappa shape index (κ3) is 2.86. The molecule has 0 saturated heterocycles. The molecule has 0 atom stereocenters. The second-order valence-electron chi connectivity index (χ2n) is 5.67. The van der Waals surface area contributed by atoms with E-state index < -0.39 is 5.97 Å². The number of thiophene rings is 1. The fraction of sp³-hybridized carbons (Fsp3) is 0.0526. The van der Waals surface area contributed by atoms with Crippen molar-refractivity contribution in [1.29, 1.82) is 0 Å². The predicted octanol–water partition coefficient (Wildman–Crippen LogP) is 5.53. The van der Waals surface area contributed by atoms with E-state index in [0.29, 0.717) is 21.8 Å². The number of rotatable bonds is 3. The molecule has 0 radical (unpaired) electrons. The molecule has 0 aliphatic heterocycles. The van der Waals surface area contributed by atoms with Crippen molar-refractivity contribution in [2.24, 2.45) is 0 Å². The third-order valence-electron chi connectivity index (χ3n) is 4.09. The van der Waals surface area contributed by atoms with Crippen molar-refractivity contribution >= 4 is 49.9 Å². The molecular formula is C19H11ClFNO2S. The zero-order chi connectivity index (χ0) is 17.6. The van der Waals surface area contributed by atoms with Gasteiger partial charge in [0.1, 0.15) is 5.82 Å². The van der Waals surface area contributed by atoms with Gasteiger partial charge in [-0.3, -0.25) is 4.98 Å². The predicted molar refractivity (Wildman–Crippen MR) is 98.3 cm³/mol. The molecule has 0 unspecified atom stereocenters. The number of fused-ring (bicyclic) bond motifs is 3. The van der Waals surface area contributed by atoms with Gasteiger partial charge < -0.3 is 5.11 Å². The van der Waals surface area contributed by atoms with Crippen molar-refractivity contribution in [2.75, 3.05) is 0 Å². The number of halogens is 2. The minimum Gasteiger partial charge on any atom is -0.478 e. The molecule has 0 aliphatic rings. The van der Waals surface area contributed by atoms with E-state index in [9.17, 15) is 14.3 Å². The summed E-state index contributed by atoms with van der Waals surface area (Å²) >= 11 is 7.54. The number of carbonyl (C=O) groups is 1. The first-order valence-corrected chi connectivity index (χ1v) is 8.76. The highest BCUT2D eigenvalue weighted by Gasteiger charge is 2.14. The van der Waals surface area contributed by atoms with E-state index in [1.54, 1.807) is 35.6 Å². The Morgan fingerprint density at radius 2 is 2.00 bits per heavy atom. The first kappa shape index (κ1) is 16.0. The van der Waals surface area contributed by atoms with Crippen molar-refractivity contribution < 1.29 is 14.3 Å². The molecule has 4 aromatic rings. The normalized spacial score (nSPS) is 11.3. The average Bonchev–Trinajstić information content (AvgIpc) is 3.08. The van der Waals surface area contributed by atoms with Gasteiger partial charge in [0.05, 0.1) is 16.8 Å². The molecule has 0 amide bonds. The van der Waals surface area contributed by atoms with E-state index >= 15 is 0 Å². The number of hydrogen-bond donors (Lipinski definition) is 1. The molecule has 0 spiro atoms. The van der Waals surface area contributed by atoms with Crippen molar-refractivity contribution in [3.05, 3.63) is 75.5 Å². The molecule has 25 heavy (non-hydrogen) atoms. The van der Waals surface area contributed by atoms with Gasteiger partial charge in [-0.2, -0.15) is 0 Å². The lowest BCUT2D eigenvalue weighted by atomic mass is 10.0. The maximum atomic E-state index is 14.1. The van der Waals surface area contributed by atoms with Crippen LogP contribution in [0.1, 0.15) is 21.6 Å². The molecule has 6 heteroatoms. The topological polar surface area (TPSA) is 50.2 Å². The highest BCUT2D eigenvalue weighted by Crippen LogP contribution is 2.33. The van der Waals surface area contributed by atoms with Crippen LogP contribution in [0.15, 0.2) is 47.8 Å². The Morgan fingerprint density at radius 3 is 2.80 bits per heavy atom. The average molecular weight is 372 g/mol. The van der Waals surface area contributed by atoms with Gasteiger partial charge in [-0.1, -0.05) is 17.7 Å². The van der Waals surface area contributed by atoms with E-state index in [1.165, 1.54) is 12.1 Å². The number of nitrogens with zero attached hydrogens (tertiary/aromatic N) is 1. The van der Waals surface area contributed by atoms with Crippen LogP contribution < -0.4 is 0 Å². The SMILES string of the molecule is O=C(O)c1ccc2c(c1)nc(Cc1cc(Cl)ccc1F)c1ccsc12. The van der Waals surface area contributed by atoms with Crippen molar-refractivity contribution in [3.63, 3.8) is 0 Å². The van der Waals surface area contributed by atoms with Crippen LogP contribution in [0.25, 0.3) is 21.0 Å². The van der Waals surface area contributed by atoms with E-state index in [0.717, 1.165) is 15.5 Å². The van der Waals surface area contributed by atoms with Crippen molar-refractivity contribution in [1.82, 2.24) is 4.98 Å². The largest absolute Gasteiger partial charge is 0.478 e. The summed E-state index contributed by atoms with van der Waals surface area (Å²) in [5.74, 6) is -1.34. The Hall–Kier alpha value is -2.50. The highest BCUT2D eigenvalue weighted by molar-refractivity contribution is 7.18. The van der Waals surface area contributed by atoms with E-state index in [-0.39, 0.29) is 17.8 Å². The molecule has 2 heterocycles. The summed E-state index contributed by atoms with van der Waals surface area (Å²) in [5.41, 5.74) is 1.93. The second-order valence-corrected chi connectivity index (χ2v) is 7.02. The van der Waals surface area contributed by atoms with Crippen LogP contribution in [-0.4, -0.2) is 16.1 Å². The van der Waals surface area contributed by atoms with Crippen LogP contribution in [0.3, 0.4) is 0 Å². The number of aromatic nitrogens is 1. The summed E-state index contributed by atoms with van der Waals surface area (Å²) in [6.07, 6.45) is 0.285. The molecule has 2 aromatic carbocycles. The maximum Gasteiger partial charge on any atom is 0.335 e. The van der Waals surface area contributed by atoms with Gasteiger partial charge in [-0.15, -0.1) is 11.3 Å². The van der Waals surface area contributed by atoms with Crippen LogP contribution in [0, 0.1) is 5.82 Å². The molecule has 0 fully saturated rings. The van der Waals surface area contributed by atoms with Gasteiger partial charge in [0, 0.05) is 26.9 Å². The molecule has 0 bridgehead atoms. The molecule has 0 saturated carbocycles.